The number of nitrogens with zero attached hydrogens (tertiary/aromatic N) is 1. The summed E-state index contributed by atoms with van der Waals surface area (Å²) in [6, 6.07) is 7.83. The maximum absolute atomic E-state index is 12.0. The molecular formula is C19H31N3O2. The number of anilines is 2. The summed E-state index contributed by atoms with van der Waals surface area (Å²) in [5.74, 6) is 0.820. The van der Waals surface area contributed by atoms with Gasteiger partial charge in [-0.3, -0.25) is 0 Å². The van der Waals surface area contributed by atoms with E-state index >= 15 is 0 Å². The molecule has 1 saturated heterocycles. The lowest BCUT2D eigenvalue weighted by molar-refractivity contribution is 0.204. The van der Waals surface area contributed by atoms with Gasteiger partial charge in [-0.2, -0.15) is 0 Å². The molecule has 1 aliphatic rings. The van der Waals surface area contributed by atoms with Crippen LogP contribution in [0.1, 0.15) is 40.0 Å². The maximum atomic E-state index is 12.0. The summed E-state index contributed by atoms with van der Waals surface area (Å²) in [7, 11) is 0. The SMILES string of the molecule is CC1CCN(c2ccc(NC(=O)NCC(C)(C)CCO)cc2)CC1. The first-order chi connectivity index (χ1) is 11.4. The van der Waals surface area contributed by atoms with Gasteiger partial charge < -0.3 is 20.6 Å². The van der Waals surface area contributed by atoms with Crippen molar-refractivity contribution in [1.29, 1.82) is 0 Å². The smallest absolute Gasteiger partial charge is 0.319 e. The van der Waals surface area contributed by atoms with Crippen LogP contribution in [-0.4, -0.2) is 37.4 Å². The Morgan fingerprint density at radius 1 is 1.25 bits per heavy atom. The fourth-order valence-corrected chi connectivity index (χ4v) is 2.91. The molecule has 0 bridgehead atoms. The van der Waals surface area contributed by atoms with Crippen LogP contribution in [0.4, 0.5) is 16.2 Å². The number of aliphatic hydroxyl groups is 1. The summed E-state index contributed by atoms with van der Waals surface area (Å²) >= 11 is 0. The topological polar surface area (TPSA) is 64.6 Å². The molecule has 5 heteroatoms. The molecule has 0 atom stereocenters. The highest BCUT2D eigenvalue weighted by Gasteiger charge is 2.18. The summed E-state index contributed by atoms with van der Waals surface area (Å²) in [5, 5.41) is 14.7. The predicted octanol–water partition coefficient (Wildman–Crippen LogP) is 3.45. The van der Waals surface area contributed by atoms with Crippen LogP contribution in [-0.2, 0) is 0 Å². The summed E-state index contributed by atoms with van der Waals surface area (Å²) in [5.41, 5.74) is 1.90. The fraction of sp³-hybridized carbons (Fsp3) is 0.632. The first kappa shape index (κ1) is 18.6. The van der Waals surface area contributed by atoms with E-state index in [-0.39, 0.29) is 18.1 Å². The normalized spacial score (nSPS) is 16.1. The predicted molar refractivity (Wildman–Crippen MR) is 99.6 cm³/mol. The number of hydrogen-bond acceptors (Lipinski definition) is 3. The zero-order chi connectivity index (χ0) is 17.6. The van der Waals surface area contributed by atoms with Crippen molar-refractivity contribution in [1.82, 2.24) is 5.32 Å². The van der Waals surface area contributed by atoms with Gasteiger partial charge in [-0.15, -0.1) is 0 Å². The van der Waals surface area contributed by atoms with E-state index in [2.05, 4.69) is 34.6 Å². The summed E-state index contributed by atoms with van der Waals surface area (Å²) in [6.45, 7) is 9.24. The van der Waals surface area contributed by atoms with Crippen LogP contribution in [0.3, 0.4) is 0 Å². The lowest BCUT2D eigenvalue weighted by Gasteiger charge is -2.32. The third-order valence-corrected chi connectivity index (χ3v) is 4.79. The molecule has 0 unspecified atom stereocenters. The molecule has 24 heavy (non-hydrogen) atoms. The highest BCUT2D eigenvalue weighted by atomic mass is 16.3. The molecule has 5 nitrogen and oxygen atoms in total. The van der Waals surface area contributed by atoms with Gasteiger partial charge in [-0.05, 0) is 54.9 Å². The van der Waals surface area contributed by atoms with E-state index in [0.29, 0.717) is 13.0 Å². The Labute approximate surface area is 145 Å². The quantitative estimate of drug-likeness (QED) is 0.747. The largest absolute Gasteiger partial charge is 0.396 e. The monoisotopic (exact) mass is 333 g/mol. The lowest BCUT2D eigenvalue weighted by atomic mass is 9.90. The van der Waals surface area contributed by atoms with E-state index in [1.54, 1.807) is 0 Å². The summed E-state index contributed by atoms with van der Waals surface area (Å²) in [6.07, 6.45) is 3.15. The van der Waals surface area contributed by atoms with E-state index in [1.807, 2.05) is 26.0 Å². The Hall–Kier alpha value is -1.75. The van der Waals surface area contributed by atoms with Crippen molar-refractivity contribution < 1.29 is 9.90 Å². The molecule has 2 amide bonds. The van der Waals surface area contributed by atoms with E-state index < -0.39 is 0 Å². The van der Waals surface area contributed by atoms with Gasteiger partial charge in [0, 0.05) is 37.6 Å². The number of rotatable bonds is 6. The minimum absolute atomic E-state index is 0.110. The molecule has 134 valence electrons. The lowest BCUT2D eigenvalue weighted by Crippen LogP contribution is -2.37. The van der Waals surface area contributed by atoms with Gasteiger partial charge in [0.2, 0.25) is 0 Å². The van der Waals surface area contributed by atoms with Gasteiger partial charge in [-0.1, -0.05) is 20.8 Å². The van der Waals surface area contributed by atoms with Crippen molar-refractivity contribution in [2.24, 2.45) is 11.3 Å². The van der Waals surface area contributed by atoms with Crippen LogP contribution in [0.2, 0.25) is 0 Å². The van der Waals surface area contributed by atoms with Crippen molar-refractivity contribution in [2.45, 2.75) is 40.0 Å². The molecule has 1 aromatic carbocycles. The second kappa shape index (κ2) is 8.38. The molecule has 0 radical (unpaired) electrons. The number of nitrogens with one attached hydrogen (secondary N) is 2. The Bertz CT molecular complexity index is 520. The van der Waals surface area contributed by atoms with E-state index in [9.17, 15) is 4.79 Å². The molecule has 0 aromatic heterocycles. The van der Waals surface area contributed by atoms with Crippen LogP contribution in [0.25, 0.3) is 0 Å². The van der Waals surface area contributed by atoms with Gasteiger partial charge in [-0.25, -0.2) is 4.79 Å². The number of carbonyl (C=O) groups is 1. The maximum Gasteiger partial charge on any atom is 0.319 e. The average molecular weight is 333 g/mol. The van der Waals surface area contributed by atoms with Gasteiger partial charge in [0.1, 0.15) is 0 Å². The molecular weight excluding hydrogens is 302 g/mol. The highest BCUT2D eigenvalue weighted by Crippen LogP contribution is 2.24. The van der Waals surface area contributed by atoms with Gasteiger partial charge >= 0.3 is 6.03 Å². The Kier molecular flexibility index (Phi) is 6.49. The highest BCUT2D eigenvalue weighted by molar-refractivity contribution is 5.89. The molecule has 0 saturated carbocycles. The first-order valence-corrected chi connectivity index (χ1v) is 8.90. The second-order valence-corrected chi connectivity index (χ2v) is 7.66. The van der Waals surface area contributed by atoms with Crippen molar-refractivity contribution in [2.75, 3.05) is 36.5 Å². The molecule has 1 aliphatic heterocycles. The van der Waals surface area contributed by atoms with Crippen molar-refractivity contribution >= 4 is 17.4 Å². The van der Waals surface area contributed by atoms with E-state index in [1.165, 1.54) is 18.5 Å². The fourth-order valence-electron chi connectivity index (χ4n) is 2.91. The second-order valence-electron chi connectivity index (χ2n) is 7.66. The number of amides is 2. The molecule has 2 rings (SSSR count). The minimum Gasteiger partial charge on any atom is -0.396 e. The molecule has 1 fully saturated rings. The Balaban J connectivity index is 1.82. The minimum atomic E-state index is -0.208. The number of hydrogen-bond donors (Lipinski definition) is 3. The van der Waals surface area contributed by atoms with Gasteiger partial charge in [0.25, 0.3) is 0 Å². The van der Waals surface area contributed by atoms with Gasteiger partial charge in [0.15, 0.2) is 0 Å². The molecule has 0 spiro atoms. The number of urea groups is 1. The number of benzene rings is 1. The Morgan fingerprint density at radius 3 is 2.46 bits per heavy atom. The molecule has 1 heterocycles. The summed E-state index contributed by atoms with van der Waals surface area (Å²) in [4.78, 5) is 14.4. The molecule has 1 aromatic rings. The molecule has 0 aliphatic carbocycles. The number of piperidine rings is 1. The summed E-state index contributed by atoms with van der Waals surface area (Å²) < 4.78 is 0. The van der Waals surface area contributed by atoms with Gasteiger partial charge in [0.05, 0.1) is 0 Å². The number of carbonyl (C=O) groups excluding carboxylic acids is 1. The van der Waals surface area contributed by atoms with Crippen LogP contribution < -0.4 is 15.5 Å². The average Bonchev–Trinajstić information content (AvgIpc) is 2.55. The molecule has 3 N–H and O–H groups in total. The Morgan fingerprint density at radius 2 is 1.88 bits per heavy atom. The van der Waals surface area contributed by atoms with Crippen LogP contribution in [0.15, 0.2) is 24.3 Å². The van der Waals surface area contributed by atoms with Crippen LogP contribution in [0, 0.1) is 11.3 Å². The standard InChI is InChI=1S/C19H31N3O2/c1-15-8-11-22(12-9-15)17-6-4-16(5-7-17)21-18(24)20-14-19(2,3)10-13-23/h4-7,15,23H,8-14H2,1-3H3,(H2,20,21,24). The first-order valence-electron chi connectivity index (χ1n) is 8.90. The third kappa shape index (κ3) is 5.71. The van der Waals surface area contributed by atoms with E-state index in [4.69, 9.17) is 5.11 Å². The van der Waals surface area contributed by atoms with Crippen LogP contribution in [0.5, 0.6) is 0 Å². The third-order valence-electron chi connectivity index (χ3n) is 4.79. The van der Waals surface area contributed by atoms with Crippen LogP contribution >= 0.6 is 0 Å². The zero-order valence-electron chi connectivity index (χ0n) is 15.1. The zero-order valence-corrected chi connectivity index (χ0v) is 15.1. The van der Waals surface area contributed by atoms with E-state index in [0.717, 1.165) is 24.7 Å². The van der Waals surface area contributed by atoms with Crippen molar-refractivity contribution in [3.05, 3.63) is 24.3 Å². The van der Waals surface area contributed by atoms with Crippen molar-refractivity contribution in [3.63, 3.8) is 0 Å². The number of aliphatic hydroxyl groups excluding tert-OH is 1. The van der Waals surface area contributed by atoms with Crippen molar-refractivity contribution in [3.8, 4) is 0 Å².